The molecule has 34 heavy (non-hydrogen) atoms. The number of piperazine rings is 1. The number of amides is 1. The molecule has 13 heteroatoms. The first-order valence-electron chi connectivity index (χ1n) is 10.1. The van der Waals surface area contributed by atoms with E-state index in [1.807, 2.05) is 0 Å². The molecular formula is C21H18F2N4O6S. The van der Waals surface area contributed by atoms with Crippen molar-refractivity contribution < 1.29 is 31.9 Å². The molecule has 1 aliphatic heterocycles. The van der Waals surface area contributed by atoms with Gasteiger partial charge in [-0.25, -0.2) is 26.7 Å². The van der Waals surface area contributed by atoms with E-state index in [0.717, 1.165) is 21.1 Å². The molecular weight excluding hydrogens is 474 g/mol. The number of rotatable bonds is 5. The van der Waals surface area contributed by atoms with Crippen LogP contribution in [0.2, 0.25) is 0 Å². The van der Waals surface area contributed by atoms with Crippen molar-refractivity contribution in [3.05, 3.63) is 70.1 Å². The Bertz CT molecular complexity index is 1470. The highest BCUT2D eigenvalue weighted by Crippen LogP contribution is 2.20. The lowest BCUT2D eigenvalue weighted by atomic mass is 10.1. The van der Waals surface area contributed by atoms with E-state index in [-0.39, 0.29) is 42.6 Å². The van der Waals surface area contributed by atoms with Gasteiger partial charge in [0.05, 0.1) is 10.3 Å². The summed E-state index contributed by atoms with van der Waals surface area (Å²) in [5.74, 6) is -4.36. The van der Waals surface area contributed by atoms with Crippen LogP contribution in [-0.4, -0.2) is 70.6 Å². The summed E-state index contributed by atoms with van der Waals surface area (Å²) < 4.78 is 53.9. The summed E-state index contributed by atoms with van der Waals surface area (Å²) in [7, 11) is -4.10. The predicted octanol–water partition coefficient (Wildman–Crippen LogP) is 0.906. The van der Waals surface area contributed by atoms with Gasteiger partial charge in [-0.05, 0) is 24.3 Å². The Hall–Kier alpha value is -3.71. The normalized spacial score (nSPS) is 14.9. The van der Waals surface area contributed by atoms with Gasteiger partial charge in [0.15, 0.2) is 17.3 Å². The highest BCUT2D eigenvalue weighted by atomic mass is 32.2. The minimum absolute atomic E-state index is 0.0180. The molecule has 4 rings (SSSR count). The van der Waals surface area contributed by atoms with Gasteiger partial charge >= 0.3 is 5.97 Å². The molecule has 1 amide bonds. The standard InChI is InChI=1S/C21H18F2N4O6S/c22-16-6-5-13(11-17(16)23)34(32,33)26-9-7-25(8-10-26)18(28)12-27-20(29)15-4-2-1-3-14(15)19(24-27)21(30)31/h1-6,11H,7-10,12H2,(H,30,31). The number of halogens is 2. The number of carbonyl (C=O) groups is 2. The van der Waals surface area contributed by atoms with Gasteiger partial charge in [-0.3, -0.25) is 9.59 Å². The topological polar surface area (TPSA) is 130 Å². The second-order valence-electron chi connectivity index (χ2n) is 7.52. The SMILES string of the molecule is O=C(O)c1nn(CC(=O)N2CCN(S(=O)(=O)c3ccc(F)c(F)c3)CC2)c(=O)c2ccccc12. The number of carboxylic acids is 1. The fourth-order valence-electron chi connectivity index (χ4n) is 3.69. The number of fused-ring (bicyclic) bond motifs is 1. The third-order valence-electron chi connectivity index (χ3n) is 5.48. The average molecular weight is 492 g/mol. The van der Waals surface area contributed by atoms with Crippen LogP contribution in [0, 0.1) is 11.6 Å². The Morgan fingerprint density at radius 2 is 1.62 bits per heavy atom. The third kappa shape index (κ3) is 4.26. The molecule has 0 saturated carbocycles. The van der Waals surface area contributed by atoms with Crippen LogP contribution in [0.1, 0.15) is 10.5 Å². The lowest BCUT2D eigenvalue weighted by molar-refractivity contribution is -0.133. The van der Waals surface area contributed by atoms with Gasteiger partial charge < -0.3 is 10.0 Å². The molecule has 1 saturated heterocycles. The Kier molecular flexibility index (Phi) is 6.15. The van der Waals surface area contributed by atoms with Crippen LogP contribution < -0.4 is 5.56 Å². The largest absolute Gasteiger partial charge is 0.476 e. The zero-order valence-corrected chi connectivity index (χ0v) is 18.3. The molecule has 0 radical (unpaired) electrons. The van der Waals surface area contributed by atoms with Crippen molar-refractivity contribution in [3.8, 4) is 0 Å². The highest BCUT2D eigenvalue weighted by Gasteiger charge is 2.31. The average Bonchev–Trinajstić information content (AvgIpc) is 2.82. The minimum atomic E-state index is -4.10. The van der Waals surface area contributed by atoms with Crippen molar-refractivity contribution in [2.24, 2.45) is 0 Å². The van der Waals surface area contributed by atoms with E-state index in [9.17, 15) is 36.7 Å². The number of nitrogens with zero attached hydrogens (tertiary/aromatic N) is 4. The molecule has 0 bridgehead atoms. The fourth-order valence-corrected chi connectivity index (χ4v) is 5.13. The van der Waals surface area contributed by atoms with E-state index in [2.05, 4.69) is 5.10 Å². The molecule has 0 atom stereocenters. The van der Waals surface area contributed by atoms with Gasteiger partial charge in [-0.15, -0.1) is 0 Å². The molecule has 0 spiro atoms. The molecule has 1 aliphatic rings. The number of hydrogen-bond donors (Lipinski definition) is 1. The Morgan fingerprint density at radius 3 is 2.24 bits per heavy atom. The first kappa shape index (κ1) is 23.4. The van der Waals surface area contributed by atoms with Crippen molar-refractivity contribution in [1.82, 2.24) is 19.0 Å². The molecule has 2 heterocycles. The highest BCUT2D eigenvalue weighted by molar-refractivity contribution is 7.89. The maximum absolute atomic E-state index is 13.5. The van der Waals surface area contributed by atoms with E-state index in [1.54, 1.807) is 12.1 Å². The Balaban J connectivity index is 1.50. The van der Waals surface area contributed by atoms with Gasteiger partial charge in [-0.1, -0.05) is 18.2 Å². The molecule has 1 fully saturated rings. The van der Waals surface area contributed by atoms with Gasteiger partial charge in [0.2, 0.25) is 15.9 Å². The first-order valence-corrected chi connectivity index (χ1v) is 11.5. The van der Waals surface area contributed by atoms with Gasteiger partial charge in [-0.2, -0.15) is 9.40 Å². The number of hydrogen-bond acceptors (Lipinski definition) is 6. The number of carbonyl (C=O) groups excluding carboxylic acids is 1. The summed E-state index contributed by atoms with van der Waals surface area (Å²) in [5.41, 5.74) is -1.00. The molecule has 0 unspecified atom stereocenters. The molecule has 178 valence electrons. The smallest absolute Gasteiger partial charge is 0.357 e. The van der Waals surface area contributed by atoms with Gasteiger partial charge in [0, 0.05) is 31.6 Å². The van der Waals surface area contributed by atoms with E-state index in [4.69, 9.17) is 0 Å². The van der Waals surface area contributed by atoms with Crippen LogP contribution in [0.25, 0.3) is 10.8 Å². The van der Waals surface area contributed by atoms with Crippen molar-refractivity contribution in [2.75, 3.05) is 26.2 Å². The Labute approximate surface area is 191 Å². The molecule has 3 aromatic rings. The molecule has 10 nitrogen and oxygen atoms in total. The van der Waals surface area contributed by atoms with E-state index >= 15 is 0 Å². The third-order valence-corrected chi connectivity index (χ3v) is 7.37. The van der Waals surface area contributed by atoms with Gasteiger partial charge in [0.1, 0.15) is 6.54 Å². The summed E-state index contributed by atoms with van der Waals surface area (Å²) >= 11 is 0. The van der Waals surface area contributed by atoms with E-state index in [0.29, 0.717) is 6.07 Å². The number of benzene rings is 2. The van der Waals surface area contributed by atoms with Crippen LogP contribution >= 0.6 is 0 Å². The van der Waals surface area contributed by atoms with Crippen LogP contribution in [0.4, 0.5) is 8.78 Å². The second kappa shape index (κ2) is 8.91. The number of aromatic nitrogens is 2. The zero-order valence-electron chi connectivity index (χ0n) is 17.5. The molecule has 1 aromatic heterocycles. The predicted molar refractivity (Wildman–Crippen MR) is 115 cm³/mol. The van der Waals surface area contributed by atoms with Crippen molar-refractivity contribution in [3.63, 3.8) is 0 Å². The quantitative estimate of drug-likeness (QED) is 0.560. The van der Waals surface area contributed by atoms with E-state index < -0.39 is 50.5 Å². The van der Waals surface area contributed by atoms with Gasteiger partial charge in [0.25, 0.3) is 5.56 Å². The maximum Gasteiger partial charge on any atom is 0.357 e. The number of sulfonamides is 1. The maximum atomic E-state index is 13.5. The second-order valence-corrected chi connectivity index (χ2v) is 9.46. The van der Waals surface area contributed by atoms with Crippen LogP contribution in [-0.2, 0) is 21.4 Å². The van der Waals surface area contributed by atoms with Crippen molar-refractivity contribution in [2.45, 2.75) is 11.4 Å². The molecule has 1 N–H and O–H groups in total. The molecule has 2 aromatic carbocycles. The monoisotopic (exact) mass is 492 g/mol. The van der Waals surface area contributed by atoms with Crippen molar-refractivity contribution in [1.29, 1.82) is 0 Å². The van der Waals surface area contributed by atoms with Crippen LogP contribution in [0.5, 0.6) is 0 Å². The summed E-state index contributed by atoms with van der Waals surface area (Å²) in [4.78, 5) is 38.0. The summed E-state index contributed by atoms with van der Waals surface area (Å²) in [6, 6.07) is 8.30. The lowest BCUT2D eigenvalue weighted by Crippen LogP contribution is -2.51. The van der Waals surface area contributed by atoms with Crippen molar-refractivity contribution >= 4 is 32.7 Å². The number of aromatic carboxylic acids is 1. The summed E-state index contributed by atoms with van der Waals surface area (Å²) in [5, 5.41) is 13.5. The number of carboxylic acid groups (broad SMARTS) is 1. The minimum Gasteiger partial charge on any atom is -0.476 e. The van der Waals surface area contributed by atoms with Crippen LogP contribution in [0.3, 0.4) is 0 Å². The Morgan fingerprint density at radius 1 is 0.971 bits per heavy atom. The van der Waals surface area contributed by atoms with E-state index in [1.165, 1.54) is 17.0 Å². The first-order chi connectivity index (χ1) is 16.1. The summed E-state index contributed by atoms with van der Waals surface area (Å²) in [6.45, 7) is -0.771. The molecule has 0 aliphatic carbocycles. The zero-order chi connectivity index (χ0) is 24.6. The fraction of sp³-hybridized carbons (Fsp3) is 0.238. The summed E-state index contributed by atoms with van der Waals surface area (Å²) in [6.07, 6.45) is 0. The lowest BCUT2D eigenvalue weighted by Gasteiger charge is -2.34. The van der Waals surface area contributed by atoms with Crippen LogP contribution in [0.15, 0.2) is 52.2 Å².